The van der Waals surface area contributed by atoms with Gasteiger partial charge >= 0.3 is 29.6 Å². The smallest absolute Gasteiger partial charge is 0.543 e. The molecule has 6 nitrogen and oxygen atoms in total. The van der Waals surface area contributed by atoms with Crippen molar-refractivity contribution < 1.29 is 53.6 Å². The number of rotatable bonds is 4. The number of carboxylic acid groups (broad SMARTS) is 1. The third-order valence-corrected chi connectivity index (χ3v) is 8.32. The van der Waals surface area contributed by atoms with Gasteiger partial charge in [0.15, 0.2) is 0 Å². The molecule has 3 heterocycles. The van der Waals surface area contributed by atoms with Gasteiger partial charge in [-0.15, -0.1) is 11.8 Å². The number of fused-ring (bicyclic) bond motifs is 1. The van der Waals surface area contributed by atoms with E-state index in [0.717, 1.165) is 6.42 Å². The maximum Gasteiger partial charge on any atom is 1.00 e. The van der Waals surface area contributed by atoms with Gasteiger partial charge in [-0.05, 0) is 13.3 Å². The van der Waals surface area contributed by atoms with Crippen LogP contribution < -0.4 is 34.7 Å². The average molecular weight is 371 g/mol. The van der Waals surface area contributed by atoms with E-state index in [1.807, 2.05) is 0 Å². The van der Waals surface area contributed by atoms with E-state index in [-0.39, 0.29) is 51.8 Å². The molecule has 0 bridgehead atoms. The Labute approximate surface area is 161 Å². The van der Waals surface area contributed by atoms with Gasteiger partial charge in [0.25, 0.3) is 0 Å². The van der Waals surface area contributed by atoms with Crippen molar-refractivity contribution in [3.8, 4) is 0 Å². The van der Waals surface area contributed by atoms with Crippen molar-refractivity contribution in [1.29, 1.82) is 0 Å². The summed E-state index contributed by atoms with van der Waals surface area (Å²) in [6.45, 7) is 1.53. The summed E-state index contributed by atoms with van der Waals surface area (Å²) < 4.78 is 12.0. The van der Waals surface area contributed by atoms with Gasteiger partial charge in [-0.1, -0.05) is 11.8 Å². The topological polar surface area (TPSA) is 97.7 Å². The maximum atomic E-state index is 12.0. The second kappa shape index (κ2) is 7.16. The van der Waals surface area contributed by atoms with E-state index in [0.29, 0.717) is 15.7 Å². The molecule has 0 aromatic carbocycles. The largest absolute Gasteiger partial charge is 1.00 e. The predicted octanol–water partition coefficient (Wildman–Crippen LogP) is -3.92. The Balaban J connectivity index is 0.00000176. The van der Waals surface area contributed by atoms with Gasteiger partial charge < -0.3 is 15.0 Å². The number of carboxylic acids is 1. The number of thioether (sulfide) groups is 2. The molecule has 3 aliphatic heterocycles. The van der Waals surface area contributed by atoms with Crippen LogP contribution in [0.5, 0.6) is 0 Å². The summed E-state index contributed by atoms with van der Waals surface area (Å²) in [4.78, 5) is 24.6. The van der Waals surface area contributed by atoms with Crippen molar-refractivity contribution in [3.05, 3.63) is 9.93 Å². The van der Waals surface area contributed by atoms with Crippen LogP contribution in [0.2, 0.25) is 0 Å². The van der Waals surface area contributed by atoms with Crippen LogP contribution in [0.3, 0.4) is 0 Å². The number of aliphatic hydroxyl groups is 1. The number of hydrogen-bond acceptors (Lipinski definition) is 7. The number of carbonyl (C=O) groups excluding carboxylic acids is 2. The Kier molecular flexibility index (Phi) is 6.13. The molecule has 3 aliphatic rings. The standard InChI is InChI=1S/C12H15NO5S3.Na/c1-5(14)7-9(15)13-8(11(16)17)12(20-10(7)13)19-6-2-3-21(18)4-6;/h5-7,10,14H,2-4H2,1H3,(H,16,17);/q;+1/p-1/t5-,6+,7+,10-,21?;/m1./s1. The first-order chi connectivity index (χ1) is 9.90. The Morgan fingerprint density at radius 3 is 2.77 bits per heavy atom. The van der Waals surface area contributed by atoms with Crippen molar-refractivity contribution in [2.45, 2.75) is 30.1 Å². The minimum Gasteiger partial charge on any atom is -0.543 e. The molecule has 1 amide bonds. The van der Waals surface area contributed by atoms with E-state index >= 15 is 0 Å². The molecule has 2 fully saturated rings. The zero-order chi connectivity index (χ0) is 15.3. The number of carbonyl (C=O) groups is 2. The summed E-state index contributed by atoms with van der Waals surface area (Å²) in [5.41, 5.74) is -0.0883. The van der Waals surface area contributed by atoms with Gasteiger partial charge in [0, 0.05) is 27.6 Å². The Bertz CT molecular complexity index is 567. The van der Waals surface area contributed by atoms with Gasteiger partial charge in [-0.3, -0.25) is 13.9 Å². The molecule has 0 saturated carbocycles. The van der Waals surface area contributed by atoms with Gasteiger partial charge in [0.2, 0.25) is 5.91 Å². The third kappa shape index (κ3) is 3.18. The Hall–Kier alpha value is 0.490. The fourth-order valence-corrected chi connectivity index (χ4v) is 7.95. The van der Waals surface area contributed by atoms with E-state index in [1.54, 1.807) is 0 Å². The van der Waals surface area contributed by atoms with Crippen molar-refractivity contribution in [2.24, 2.45) is 5.92 Å². The molecule has 22 heavy (non-hydrogen) atoms. The molecule has 116 valence electrons. The quantitative estimate of drug-likeness (QED) is 0.398. The number of β-lactam (4-membered cyclic amide) rings is 1. The number of amides is 1. The molecule has 10 heteroatoms. The molecule has 3 rings (SSSR count). The van der Waals surface area contributed by atoms with Crippen molar-refractivity contribution >= 4 is 46.2 Å². The maximum absolute atomic E-state index is 12.0. The molecule has 0 radical (unpaired) electrons. The fourth-order valence-electron chi connectivity index (χ4n) is 2.70. The summed E-state index contributed by atoms with van der Waals surface area (Å²) in [6.07, 6.45) is -0.0299. The molecule has 5 atom stereocenters. The number of nitrogens with zero attached hydrogens (tertiary/aromatic N) is 1. The van der Waals surface area contributed by atoms with Gasteiger partial charge in [0.1, 0.15) is 5.37 Å². The molecule has 0 aliphatic carbocycles. The average Bonchev–Trinajstić information content (AvgIpc) is 2.91. The molecule has 0 spiro atoms. The van der Waals surface area contributed by atoms with Crippen molar-refractivity contribution in [2.75, 3.05) is 11.5 Å². The van der Waals surface area contributed by atoms with Crippen molar-refractivity contribution in [3.63, 3.8) is 0 Å². The molecule has 1 unspecified atom stereocenters. The van der Waals surface area contributed by atoms with E-state index in [9.17, 15) is 24.0 Å². The molecule has 1 N–H and O–H groups in total. The van der Waals surface area contributed by atoms with Gasteiger partial charge in [-0.25, -0.2) is 0 Å². The molecule has 0 aromatic heterocycles. The molecular formula is C12H14NNaO5S3. The molecule has 0 aromatic rings. The summed E-state index contributed by atoms with van der Waals surface area (Å²) >= 11 is 2.66. The molecular weight excluding hydrogens is 357 g/mol. The Morgan fingerprint density at radius 1 is 1.59 bits per heavy atom. The third-order valence-electron chi connectivity index (χ3n) is 3.77. The van der Waals surface area contributed by atoms with Crippen LogP contribution in [-0.2, 0) is 20.4 Å². The van der Waals surface area contributed by atoms with Crippen molar-refractivity contribution in [1.82, 2.24) is 4.90 Å². The summed E-state index contributed by atoms with van der Waals surface area (Å²) in [6, 6.07) is 0. The second-order valence-corrected chi connectivity index (χ2v) is 9.56. The van der Waals surface area contributed by atoms with Crippen LogP contribution in [-0.4, -0.2) is 54.3 Å². The number of aliphatic hydroxyl groups excluding tert-OH is 1. The predicted molar refractivity (Wildman–Crippen MR) is 79.3 cm³/mol. The summed E-state index contributed by atoms with van der Waals surface area (Å²) in [5.74, 6) is -1.12. The van der Waals surface area contributed by atoms with E-state index in [4.69, 9.17) is 0 Å². The fraction of sp³-hybridized carbons (Fsp3) is 0.667. The van der Waals surface area contributed by atoms with E-state index in [2.05, 4.69) is 0 Å². The molecule has 2 saturated heterocycles. The summed E-state index contributed by atoms with van der Waals surface area (Å²) in [5, 5.41) is 20.7. The van der Waals surface area contributed by atoms with Crippen LogP contribution in [0.15, 0.2) is 9.93 Å². The number of aliphatic carboxylic acids is 1. The normalized spacial score (nSPS) is 35.0. The first-order valence-corrected chi connectivity index (χ1v) is 9.80. The first kappa shape index (κ1) is 18.8. The second-order valence-electron chi connectivity index (χ2n) is 5.25. The zero-order valence-electron chi connectivity index (χ0n) is 12.2. The Morgan fingerprint density at radius 2 is 2.27 bits per heavy atom. The van der Waals surface area contributed by atoms with Crippen LogP contribution in [0.1, 0.15) is 13.3 Å². The zero-order valence-corrected chi connectivity index (χ0v) is 16.6. The van der Waals surface area contributed by atoms with Crippen LogP contribution >= 0.6 is 23.5 Å². The summed E-state index contributed by atoms with van der Waals surface area (Å²) in [7, 11) is -0.834. The van der Waals surface area contributed by atoms with Crippen LogP contribution in [0, 0.1) is 5.92 Å². The van der Waals surface area contributed by atoms with Gasteiger partial charge in [-0.2, -0.15) is 0 Å². The minimum absolute atomic E-state index is 0. The van der Waals surface area contributed by atoms with E-state index in [1.165, 1.54) is 35.3 Å². The SMILES string of the molecule is C[C@@H](O)[C@H]1C(=O)N2C(C(=O)[O-])=C(S[C@H]3CCS(=O)C3)S[C@H]12.[Na+]. The number of hydrogen-bond donors (Lipinski definition) is 1. The van der Waals surface area contributed by atoms with Crippen LogP contribution in [0.25, 0.3) is 0 Å². The monoisotopic (exact) mass is 371 g/mol. The first-order valence-electron chi connectivity index (χ1n) is 6.55. The van der Waals surface area contributed by atoms with Crippen LogP contribution in [0.4, 0.5) is 0 Å². The van der Waals surface area contributed by atoms with E-state index < -0.39 is 28.8 Å². The minimum atomic E-state index is -1.37. The van der Waals surface area contributed by atoms with Gasteiger partial charge in [0.05, 0.1) is 27.9 Å².